The highest BCUT2D eigenvalue weighted by atomic mass is 32.2. The smallest absolute Gasteiger partial charge is 0.387 e. The summed E-state index contributed by atoms with van der Waals surface area (Å²) in [7, 11) is -3.49. The standard InChI is InChI=1S/C20H22F2N2O4S2/c21-20(22)28-17-7-3-2-6-15(17)8-10-18(25)23-14-16-9-11-19(29-16)30(26,27)24-12-4-1-5-13-24/h2-3,6-11,20H,1,4-5,12-14H2,(H,23,25)/b10-8+. The molecule has 10 heteroatoms. The summed E-state index contributed by atoms with van der Waals surface area (Å²) < 4.78 is 56.4. The number of thiophene rings is 1. The average molecular weight is 457 g/mol. The number of para-hydroxylation sites is 1. The maximum atomic E-state index is 12.7. The molecule has 1 saturated heterocycles. The number of piperidine rings is 1. The molecule has 1 amide bonds. The van der Waals surface area contributed by atoms with E-state index in [1.165, 1.54) is 22.5 Å². The van der Waals surface area contributed by atoms with Gasteiger partial charge in [0.1, 0.15) is 9.96 Å². The quantitative estimate of drug-likeness (QED) is 0.612. The lowest BCUT2D eigenvalue weighted by atomic mass is 10.2. The number of hydrogen-bond donors (Lipinski definition) is 1. The van der Waals surface area contributed by atoms with Crippen LogP contribution in [0.3, 0.4) is 0 Å². The van der Waals surface area contributed by atoms with Crippen LogP contribution in [0.5, 0.6) is 5.75 Å². The Balaban J connectivity index is 1.58. The van der Waals surface area contributed by atoms with Gasteiger partial charge in [0.25, 0.3) is 10.0 Å². The number of carbonyl (C=O) groups excluding carboxylic acids is 1. The molecular formula is C20H22F2N2O4S2. The van der Waals surface area contributed by atoms with E-state index in [0.29, 0.717) is 23.5 Å². The van der Waals surface area contributed by atoms with Crippen LogP contribution in [0.15, 0.2) is 46.7 Å². The van der Waals surface area contributed by atoms with E-state index >= 15 is 0 Å². The summed E-state index contributed by atoms with van der Waals surface area (Å²) in [5, 5.41) is 2.66. The van der Waals surface area contributed by atoms with E-state index in [1.807, 2.05) is 0 Å². The van der Waals surface area contributed by atoms with Crippen LogP contribution in [0.2, 0.25) is 0 Å². The highest BCUT2D eigenvalue weighted by Crippen LogP contribution is 2.27. The maximum Gasteiger partial charge on any atom is 0.387 e. The Kier molecular flexibility index (Phi) is 7.57. The van der Waals surface area contributed by atoms with Crippen LogP contribution < -0.4 is 10.1 Å². The molecule has 0 unspecified atom stereocenters. The van der Waals surface area contributed by atoms with Gasteiger partial charge < -0.3 is 10.1 Å². The maximum absolute atomic E-state index is 12.7. The lowest BCUT2D eigenvalue weighted by molar-refractivity contribution is -0.116. The van der Waals surface area contributed by atoms with Crippen LogP contribution >= 0.6 is 11.3 Å². The first-order valence-electron chi connectivity index (χ1n) is 9.45. The van der Waals surface area contributed by atoms with Crippen LogP contribution in [0.25, 0.3) is 6.08 Å². The van der Waals surface area contributed by atoms with Crippen molar-refractivity contribution in [3.05, 3.63) is 52.9 Å². The first kappa shape index (κ1) is 22.4. The van der Waals surface area contributed by atoms with E-state index in [-0.39, 0.29) is 16.5 Å². The summed E-state index contributed by atoms with van der Waals surface area (Å²) in [6.07, 6.45) is 5.37. The molecule has 1 N–H and O–H groups in total. The molecule has 2 heterocycles. The molecule has 2 aromatic rings. The number of nitrogens with one attached hydrogen (secondary N) is 1. The molecule has 0 atom stereocenters. The molecule has 0 saturated carbocycles. The molecule has 0 radical (unpaired) electrons. The van der Waals surface area contributed by atoms with Gasteiger partial charge in [0, 0.05) is 29.6 Å². The molecular weight excluding hydrogens is 434 g/mol. The van der Waals surface area contributed by atoms with E-state index in [4.69, 9.17) is 0 Å². The summed E-state index contributed by atoms with van der Waals surface area (Å²) >= 11 is 1.13. The van der Waals surface area contributed by atoms with E-state index in [1.54, 1.807) is 30.3 Å². The first-order valence-corrected chi connectivity index (χ1v) is 11.7. The number of alkyl halides is 2. The lowest BCUT2D eigenvalue weighted by Gasteiger charge is -2.25. The number of hydrogen-bond acceptors (Lipinski definition) is 5. The molecule has 1 aromatic heterocycles. The predicted octanol–water partition coefficient (Wildman–Crippen LogP) is 3.85. The Morgan fingerprint density at radius 3 is 2.63 bits per heavy atom. The largest absolute Gasteiger partial charge is 0.434 e. The monoisotopic (exact) mass is 456 g/mol. The highest BCUT2D eigenvalue weighted by Gasteiger charge is 2.27. The SMILES string of the molecule is O=C(/C=C/c1ccccc1OC(F)F)NCc1ccc(S(=O)(=O)N2CCCCC2)s1. The molecule has 1 fully saturated rings. The lowest BCUT2D eigenvalue weighted by Crippen LogP contribution is -2.35. The van der Waals surface area contributed by atoms with Crippen molar-refractivity contribution in [1.29, 1.82) is 0 Å². The van der Waals surface area contributed by atoms with Crippen LogP contribution in [0.4, 0.5) is 8.78 Å². The minimum atomic E-state index is -3.49. The number of sulfonamides is 1. The molecule has 0 spiro atoms. The van der Waals surface area contributed by atoms with Gasteiger partial charge in [-0.2, -0.15) is 13.1 Å². The zero-order valence-electron chi connectivity index (χ0n) is 16.1. The number of amides is 1. The first-order chi connectivity index (χ1) is 14.4. The normalized spacial score (nSPS) is 15.6. The van der Waals surface area contributed by atoms with Crippen molar-refractivity contribution < 1.29 is 26.7 Å². The van der Waals surface area contributed by atoms with E-state index in [0.717, 1.165) is 30.6 Å². The molecule has 1 aliphatic heterocycles. The van der Waals surface area contributed by atoms with Gasteiger partial charge in [-0.1, -0.05) is 24.6 Å². The van der Waals surface area contributed by atoms with E-state index in [9.17, 15) is 22.0 Å². The fourth-order valence-electron chi connectivity index (χ4n) is 3.04. The van der Waals surface area contributed by atoms with Crippen molar-refractivity contribution in [2.75, 3.05) is 13.1 Å². The van der Waals surface area contributed by atoms with Crippen molar-refractivity contribution >= 4 is 33.3 Å². The van der Waals surface area contributed by atoms with Gasteiger partial charge in [-0.25, -0.2) is 8.42 Å². The topological polar surface area (TPSA) is 75.7 Å². The Morgan fingerprint density at radius 1 is 1.17 bits per heavy atom. The van der Waals surface area contributed by atoms with E-state index in [2.05, 4.69) is 10.1 Å². The Hall–Kier alpha value is -2.30. The van der Waals surface area contributed by atoms with Crippen LogP contribution in [-0.4, -0.2) is 38.3 Å². The molecule has 30 heavy (non-hydrogen) atoms. The van der Waals surface area contributed by atoms with Gasteiger partial charge in [-0.15, -0.1) is 11.3 Å². The van der Waals surface area contributed by atoms with Gasteiger partial charge >= 0.3 is 6.61 Å². The van der Waals surface area contributed by atoms with Crippen LogP contribution in [0, 0.1) is 0 Å². The van der Waals surface area contributed by atoms with Gasteiger partial charge in [-0.05, 0) is 37.1 Å². The molecule has 0 aliphatic carbocycles. The minimum absolute atomic E-state index is 0.0256. The van der Waals surface area contributed by atoms with Gasteiger partial charge in [-0.3, -0.25) is 4.79 Å². The zero-order chi connectivity index (χ0) is 21.6. The average Bonchev–Trinajstić information content (AvgIpc) is 3.22. The number of rotatable bonds is 8. The van der Waals surface area contributed by atoms with Crippen molar-refractivity contribution in [3.63, 3.8) is 0 Å². The number of benzene rings is 1. The molecule has 3 rings (SSSR count). The number of nitrogens with zero attached hydrogens (tertiary/aromatic N) is 1. The van der Waals surface area contributed by atoms with Crippen molar-refractivity contribution in [2.24, 2.45) is 0 Å². The fourth-order valence-corrected chi connectivity index (χ4v) is 6.01. The summed E-state index contributed by atoms with van der Waals surface area (Å²) in [6.45, 7) is -1.72. The van der Waals surface area contributed by atoms with Gasteiger partial charge in [0.15, 0.2) is 0 Å². The van der Waals surface area contributed by atoms with Crippen molar-refractivity contribution in [2.45, 2.75) is 36.6 Å². The number of halogens is 2. The van der Waals surface area contributed by atoms with Crippen LogP contribution in [-0.2, 0) is 21.4 Å². The second-order valence-corrected chi connectivity index (χ2v) is 9.99. The molecule has 1 aromatic carbocycles. The van der Waals surface area contributed by atoms with Crippen molar-refractivity contribution in [1.82, 2.24) is 9.62 Å². The molecule has 162 valence electrons. The minimum Gasteiger partial charge on any atom is -0.434 e. The summed E-state index contributed by atoms with van der Waals surface area (Å²) in [5.41, 5.74) is 0.346. The van der Waals surface area contributed by atoms with E-state index < -0.39 is 22.5 Å². The molecule has 1 aliphatic rings. The summed E-state index contributed by atoms with van der Waals surface area (Å²) in [4.78, 5) is 12.8. The summed E-state index contributed by atoms with van der Waals surface area (Å²) in [5.74, 6) is -0.460. The predicted molar refractivity (Wildman–Crippen MR) is 111 cm³/mol. The van der Waals surface area contributed by atoms with Crippen LogP contribution in [0.1, 0.15) is 29.7 Å². The molecule has 6 nitrogen and oxygen atoms in total. The van der Waals surface area contributed by atoms with Crippen molar-refractivity contribution in [3.8, 4) is 5.75 Å². The number of carbonyl (C=O) groups is 1. The number of ether oxygens (including phenoxy) is 1. The Bertz CT molecular complexity index is 1000. The summed E-state index contributed by atoms with van der Waals surface area (Å²) in [6, 6.07) is 9.38. The third kappa shape index (κ3) is 5.87. The molecule has 0 bridgehead atoms. The highest BCUT2D eigenvalue weighted by molar-refractivity contribution is 7.91. The Labute approximate surface area is 178 Å². The second kappa shape index (κ2) is 10.1. The zero-order valence-corrected chi connectivity index (χ0v) is 17.7. The second-order valence-electron chi connectivity index (χ2n) is 6.65. The Morgan fingerprint density at radius 2 is 1.90 bits per heavy atom. The fraction of sp³-hybridized carbons (Fsp3) is 0.350. The van der Waals surface area contributed by atoms with Gasteiger partial charge in [0.2, 0.25) is 5.91 Å². The third-order valence-corrected chi connectivity index (χ3v) is 7.98. The van der Waals surface area contributed by atoms with Gasteiger partial charge in [0.05, 0.1) is 6.54 Å². The third-order valence-electron chi connectivity index (χ3n) is 4.53.